The first-order valence-electron chi connectivity index (χ1n) is 8.48. The molecule has 2 N–H and O–H groups in total. The second kappa shape index (κ2) is 7.48. The summed E-state index contributed by atoms with van der Waals surface area (Å²) in [4.78, 5) is 20.3. The molecule has 3 aromatic carbocycles. The van der Waals surface area contributed by atoms with Gasteiger partial charge in [-0.2, -0.15) is 0 Å². The predicted molar refractivity (Wildman–Crippen MR) is 111 cm³/mol. The van der Waals surface area contributed by atoms with E-state index in [1.807, 2.05) is 60.7 Å². The smallest absolute Gasteiger partial charge is 0.248 e. The van der Waals surface area contributed by atoms with Gasteiger partial charge in [-0.25, -0.2) is 4.98 Å². The number of hydrogen-bond acceptors (Lipinski definition) is 2. The molecule has 0 aliphatic heterocycles. The van der Waals surface area contributed by atoms with Gasteiger partial charge in [-0.15, -0.1) is 0 Å². The monoisotopic (exact) mass is 373 g/mol. The quantitative estimate of drug-likeness (QED) is 0.462. The molecule has 0 saturated carbocycles. The molecule has 4 rings (SSSR count). The van der Waals surface area contributed by atoms with Crippen molar-refractivity contribution in [1.29, 1.82) is 0 Å². The third-order valence-electron chi connectivity index (χ3n) is 4.13. The van der Waals surface area contributed by atoms with Crippen molar-refractivity contribution in [2.75, 3.05) is 5.32 Å². The van der Waals surface area contributed by atoms with Gasteiger partial charge >= 0.3 is 0 Å². The molecule has 0 fully saturated rings. The Morgan fingerprint density at radius 3 is 2.52 bits per heavy atom. The minimum atomic E-state index is -0.214. The Kier molecular flexibility index (Phi) is 4.73. The summed E-state index contributed by atoms with van der Waals surface area (Å²) in [5.74, 6) is 0.502. The lowest BCUT2D eigenvalue weighted by Crippen LogP contribution is -2.08. The van der Waals surface area contributed by atoms with Gasteiger partial charge in [-0.1, -0.05) is 48.0 Å². The van der Waals surface area contributed by atoms with Crippen molar-refractivity contribution < 1.29 is 4.79 Å². The van der Waals surface area contributed by atoms with Crippen LogP contribution < -0.4 is 5.32 Å². The first-order chi connectivity index (χ1) is 13.2. The number of hydrogen-bond donors (Lipinski definition) is 2. The van der Waals surface area contributed by atoms with Crippen molar-refractivity contribution in [1.82, 2.24) is 9.97 Å². The Morgan fingerprint density at radius 2 is 1.70 bits per heavy atom. The Balaban J connectivity index is 1.57. The summed E-state index contributed by atoms with van der Waals surface area (Å²) < 4.78 is 0. The molecule has 0 aliphatic rings. The number of nitrogens with one attached hydrogen (secondary N) is 2. The van der Waals surface area contributed by atoms with Crippen LogP contribution in [0.3, 0.4) is 0 Å². The van der Waals surface area contributed by atoms with E-state index in [0.717, 1.165) is 22.2 Å². The standard InChI is InChI=1S/C22H16ClN3O/c23-16-12-9-15(10-13-16)11-14-21(27)24-18-6-2-1-5-17(18)22-25-19-7-3-4-8-20(19)26-22/h1-14H,(H,24,27)(H,25,26)/b14-11+. The highest BCUT2D eigenvalue weighted by atomic mass is 35.5. The number of aromatic nitrogens is 2. The maximum atomic E-state index is 12.4. The van der Waals surface area contributed by atoms with Crippen molar-refractivity contribution in [2.24, 2.45) is 0 Å². The van der Waals surface area contributed by atoms with Gasteiger partial charge in [0, 0.05) is 16.7 Å². The fourth-order valence-electron chi connectivity index (χ4n) is 2.80. The molecule has 0 bridgehead atoms. The Morgan fingerprint density at radius 1 is 0.963 bits per heavy atom. The Labute approximate surface area is 161 Å². The number of para-hydroxylation sites is 3. The summed E-state index contributed by atoms with van der Waals surface area (Å²) in [7, 11) is 0. The summed E-state index contributed by atoms with van der Waals surface area (Å²) in [5.41, 5.74) is 4.27. The highest BCUT2D eigenvalue weighted by Gasteiger charge is 2.10. The molecule has 27 heavy (non-hydrogen) atoms. The highest BCUT2D eigenvalue weighted by Crippen LogP contribution is 2.27. The van der Waals surface area contributed by atoms with Gasteiger partial charge in [-0.05, 0) is 48.0 Å². The fraction of sp³-hybridized carbons (Fsp3) is 0. The van der Waals surface area contributed by atoms with Crippen LogP contribution >= 0.6 is 11.6 Å². The molecule has 0 atom stereocenters. The zero-order valence-electron chi connectivity index (χ0n) is 14.3. The molecule has 5 heteroatoms. The first kappa shape index (κ1) is 17.1. The predicted octanol–water partition coefficient (Wildman–Crippen LogP) is 5.54. The molecule has 0 unspecified atom stereocenters. The van der Waals surface area contributed by atoms with E-state index in [-0.39, 0.29) is 5.91 Å². The van der Waals surface area contributed by atoms with Crippen LogP contribution in [0.25, 0.3) is 28.5 Å². The number of H-pyrrole nitrogens is 1. The van der Waals surface area contributed by atoms with Crippen LogP contribution in [0.5, 0.6) is 0 Å². The summed E-state index contributed by atoms with van der Waals surface area (Å²) >= 11 is 5.87. The van der Waals surface area contributed by atoms with Crippen LogP contribution in [0, 0.1) is 0 Å². The number of amides is 1. The van der Waals surface area contributed by atoms with E-state index in [1.54, 1.807) is 18.2 Å². The lowest BCUT2D eigenvalue weighted by Gasteiger charge is -2.07. The molecule has 132 valence electrons. The minimum absolute atomic E-state index is 0.214. The number of rotatable bonds is 4. The summed E-state index contributed by atoms with van der Waals surface area (Å²) in [6.07, 6.45) is 3.24. The normalized spacial score (nSPS) is 11.1. The number of anilines is 1. The Hall–Kier alpha value is -3.37. The van der Waals surface area contributed by atoms with Crippen LogP contribution in [0.4, 0.5) is 5.69 Å². The van der Waals surface area contributed by atoms with E-state index in [1.165, 1.54) is 6.08 Å². The SMILES string of the molecule is O=C(/C=C/c1ccc(Cl)cc1)Nc1ccccc1-c1nc2ccccc2[nH]1. The molecule has 4 aromatic rings. The molecule has 0 aliphatic carbocycles. The third-order valence-corrected chi connectivity index (χ3v) is 4.38. The zero-order valence-corrected chi connectivity index (χ0v) is 15.1. The van der Waals surface area contributed by atoms with Crippen LogP contribution in [0.1, 0.15) is 5.56 Å². The van der Waals surface area contributed by atoms with Crippen molar-refractivity contribution >= 4 is 40.3 Å². The lowest BCUT2D eigenvalue weighted by molar-refractivity contribution is -0.111. The molecular formula is C22H16ClN3O. The van der Waals surface area contributed by atoms with Crippen molar-refractivity contribution in [3.05, 3.63) is 89.5 Å². The molecule has 1 aromatic heterocycles. The molecule has 0 saturated heterocycles. The van der Waals surface area contributed by atoms with Gasteiger partial charge in [0.25, 0.3) is 0 Å². The van der Waals surface area contributed by atoms with Gasteiger partial charge in [0.2, 0.25) is 5.91 Å². The van der Waals surface area contributed by atoms with Gasteiger partial charge < -0.3 is 10.3 Å². The molecule has 4 nitrogen and oxygen atoms in total. The van der Waals surface area contributed by atoms with Gasteiger partial charge in [0.1, 0.15) is 5.82 Å². The van der Waals surface area contributed by atoms with E-state index in [2.05, 4.69) is 15.3 Å². The van der Waals surface area contributed by atoms with E-state index >= 15 is 0 Å². The largest absolute Gasteiger partial charge is 0.338 e. The van der Waals surface area contributed by atoms with Crippen molar-refractivity contribution in [2.45, 2.75) is 0 Å². The molecular weight excluding hydrogens is 358 g/mol. The number of nitrogens with zero attached hydrogens (tertiary/aromatic N) is 1. The topological polar surface area (TPSA) is 57.8 Å². The van der Waals surface area contributed by atoms with E-state index in [9.17, 15) is 4.79 Å². The van der Waals surface area contributed by atoms with Crippen LogP contribution in [0.15, 0.2) is 78.9 Å². The van der Waals surface area contributed by atoms with Crippen molar-refractivity contribution in [3.63, 3.8) is 0 Å². The van der Waals surface area contributed by atoms with Crippen molar-refractivity contribution in [3.8, 4) is 11.4 Å². The number of carbonyl (C=O) groups excluding carboxylic acids is 1. The van der Waals surface area contributed by atoms with E-state index in [0.29, 0.717) is 16.5 Å². The molecule has 0 radical (unpaired) electrons. The number of carbonyl (C=O) groups is 1. The van der Waals surface area contributed by atoms with Crippen LogP contribution in [-0.2, 0) is 4.79 Å². The number of halogens is 1. The number of imidazole rings is 1. The number of fused-ring (bicyclic) bond motifs is 1. The zero-order chi connectivity index (χ0) is 18.6. The van der Waals surface area contributed by atoms with Gasteiger partial charge in [-0.3, -0.25) is 4.79 Å². The van der Waals surface area contributed by atoms with Crippen LogP contribution in [-0.4, -0.2) is 15.9 Å². The second-order valence-electron chi connectivity index (χ2n) is 6.02. The number of aromatic amines is 1. The highest BCUT2D eigenvalue weighted by molar-refractivity contribution is 6.30. The van der Waals surface area contributed by atoms with E-state index in [4.69, 9.17) is 11.6 Å². The molecule has 1 heterocycles. The lowest BCUT2D eigenvalue weighted by atomic mass is 10.1. The fourth-order valence-corrected chi connectivity index (χ4v) is 2.93. The second-order valence-corrected chi connectivity index (χ2v) is 6.46. The number of benzene rings is 3. The average molecular weight is 374 g/mol. The minimum Gasteiger partial charge on any atom is -0.338 e. The van der Waals surface area contributed by atoms with Gasteiger partial charge in [0.05, 0.1) is 16.7 Å². The third kappa shape index (κ3) is 3.91. The van der Waals surface area contributed by atoms with Crippen LogP contribution in [0.2, 0.25) is 5.02 Å². The first-order valence-corrected chi connectivity index (χ1v) is 8.86. The molecule has 1 amide bonds. The van der Waals surface area contributed by atoms with E-state index < -0.39 is 0 Å². The molecule has 0 spiro atoms. The maximum Gasteiger partial charge on any atom is 0.248 e. The summed E-state index contributed by atoms with van der Waals surface area (Å²) in [6, 6.07) is 22.7. The summed E-state index contributed by atoms with van der Waals surface area (Å²) in [5, 5.41) is 3.59. The maximum absolute atomic E-state index is 12.4. The van der Waals surface area contributed by atoms with Gasteiger partial charge in [0.15, 0.2) is 0 Å². The summed E-state index contributed by atoms with van der Waals surface area (Å²) in [6.45, 7) is 0. The average Bonchev–Trinajstić information content (AvgIpc) is 3.12. The Bertz CT molecular complexity index is 1100.